The van der Waals surface area contributed by atoms with Crippen LogP contribution in [0.25, 0.3) is 5.57 Å². The molecule has 5 rings (SSSR count). The van der Waals surface area contributed by atoms with Gasteiger partial charge >= 0.3 is 0 Å². The number of anilines is 2. The molecule has 0 saturated heterocycles. The fourth-order valence-corrected chi connectivity index (χ4v) is 4.97. The van der Waals surface area contributed by atoms with Gasteiger partial charge in [-0.1, -0.05) is 31.4 Å². The van der Waals surface area contributed by atoms with Gasteiger partial charge in [0.2, 0.25) is 5.95 Å². The molecule has 2 saturated carbocycles. The van der Waals surface area contributed by atoms with Crippen LogP contribution >= 0.6 is 0 Å². The van der Waals surface area contributed by atoms with Gasteiger partial charge in [-0.05, 0) is 55.4 Å². The Balaban J connectivity index is 1.41. The van der Waals surface area contributed by atoms with Crippen LogP contribution in [0.5, 0.6) is 0 Å². The van der Waals surface area contributed by atoms with Crippen LogP contribution in [0.3, 0.4) is 0 Å². The van der Waals surface area contributed by atoms with E-state index in [-0.39, 0.29) is 6.54 Å². The smallest absolute Gasteiger partial charge is 0.223 e. The molecule has 7 heteroatoms. The molecule has 0 radical (unpaired) electrons. The maximum atomic E-state index is 15.0. The number of halogens is 1. The number of hydrogen-bond acceptors (Lipinski definition) is 6. The van der Waals surface area contributed by atoms with Crippen LogP contribution in [-0.2, 0) is 0 Å². The maximum absolute atomic E-state index is 15.0. The number of benzene rings is 1. The van der Waals surface area contributed by atoms with Crippen molar-refractivity contribution >= 4 is 22.9 Å². The van der Waals surface area contributed by atoms with Gasteiger partial charge < -0.3 is 10.6 Å². The average Bonchev–Trinajstić information content (AvgIpc) is 3.58. The average molecular weight is 421 g/mol. The lowest BCUT2D eigenvalue weighted by atomic mass is 9.86. The fourth-order valence-electron chi connectivity index (χ4n) is 4.97. The predicted octanol–water partition coefficient (Wildman–Crippen LogP) is 6.20. The van der Waals surface area contributed by atoms with Crippen molar-refractivity contribution in [3.05, 3.63) is 47.3 Å². The highest BCUT2D eigenvalue weighted by Crippen LogP contribution is 2.55. The first-order valence-electron chi connectivity index (χ1n) is 11.4. The van der Waals surface area contributed by atoms with Gasteiger partial charge in [-0.2, -0.15) is 5.11 Å². The summed E-state index contributed by atoms with van der Waals surface area (Å²) in [7, 11) is 0. The van der Waals surface area contributed by atoms with Gasteiger partial charge in [-0.3, -0.25) is 0 Å². The summed E-state index contributed by atoms with van der Waals surface area (Å²) in [5.41, 5.74) is 12.1. The monoisotopic (exact) mass is 420 g/mol. The molecule has 3 N–H and O–H groups in total. The second kappa shape index (κ2) is 8.02. The SMILES string of the molecule is CCNc1cc(C2=C[C@H]3CC3c3nc(NCC4(F)CCCCC4)ncc32)ccc1N=N. The molecule has 3 aliphatic rings. The minimum absolute atomic E-state index is 0.284. The second-order valence-electron chi connectivity index (χ2n) is 9.02. The van der Waals surface area contributed by atoms with Gasteiger partial charge in [0, 0.05) is 24.2 Å². The van der Waals surface area contributed by atoms with Gasteiger partial charge in [-0.25, -0.2) is 19.9 Å². The van der Waals surface area contributed by atoms with Crippen molar-refractivity contribution in [2.75, 3.05) is 23.7 Å². The summed E-state index contributed by atoms with van der Waals surface area (Å²) >= 11 is 0. The zero-order valence-electron chi connectivity index (χ0n) is 17.9. The Kier molecular flexibility index (Phi) is 5.20. The second-order valence-corrected chi connectivity index (χ2v) is 9.02. The highest BCUT2D eigenvalue weighted by molar-refractivity contribution is 5.86. The van der Waals surface area contributed by atoms with E-state index in [1.807, 2.05) is 25.3 Å². The maximum Gasteiger partial charge on any atom is 0.223 e. The van der Waals surface area contributed by atoms with Gasteiger partial charge in [0.25, 0.3) is 0 Å². The number of hydrogen-bond donors (Lipinski definition) is 3. The topological polar surface area (TPSA) is 86.1 Å². The first-order valence-corrected chi connectivity index (χ1v) is 11.4. The quantitative estimate of drug-likeness (QED) is 0.465. The molecule has 1 unspecified atom stereocenters. The van der Waals surface area contributed by atoms with E-state index < -0.39 is 5.67 Å². The number of alkyl halides is 1. The van der Waals surface area contributed by atoms with Crippen molar-refractivity contribution in [2.24, 2.45) is 11.0 Å². The van der Waals surface area contributed by atoms with Crippen LogP contribution in [0.4, 0.5) is 21.7 Å². The number of rotatable bonds is 7. The summed E-state index contributed by atoms with van der Waals surface area (Å²) in [5, 5.41) is 10.1. The summed E-state index contributed by atoms with van der Waals surface area (Å²) in [6.07, 6.45) is 9.60. The summed E-state index contributed by atoms with van der Waals surface area (Å²) in [4.78, 5) is 9.36. The Hall–Kier alpha value is -2.83. The van der Waals surface area contributed by atoms with Crippen LogP contribution in [0.15, 0.2) is 35.6 Å². The molecule has 0 aliphatic heterocycles. The van der Waals surface area contributed by atoms with E-state index in [4.69, 9.17) is 10.5 Å². The minimum atomic E-state index is -1.14. The highest BCUT2D eigenvalue weighted by Gasteiger charge is 2.43. The lowest BCUT2D eigenvalue weighted by molar-refractivity contribution is 0.122. The highest BCUT2D eigenvalue weighted by atomic mass is 19.1. The first kappa shape index (κ1) is 20.1. The summed E-state index contributed by atoms with van der Waals surface area (Å²) < 4.78 is 15.0. The Morgan fingerprint density at radius 1 is 1.23 bits per heavy atom. The third kappa shape index (κ3) is 3.93. The van der Waals surface area contributed by atoms with E-state index in [1.54, 1.807) is 0 Å². The van der Waals surface area contributed by atoms with Crippen molar-refractivity contribution in [2.45, 2.75) is 57.0 Å². The van der Waals surface area contributed by atoms with E-state index in [0.29, 0.717) is 36.3 Å². The van der Waals surface area contributed by atoms with Crippen molar-refractivity contribution < 1.29 is 4.39 Å². The number of aromatic nitrogens is 2. The number of nitrogens with zero attached hydrogens (tertiary/aromatic N) is 3. The lowest BCUT2D eigenvalue weighted by Gasteiger charge is -2.29. The summed E-state index contributed by atoms with van der Waals surface area (Å²) in [6, 6.07) is 5.94. The molecule has 0 bridgehead atoms. The molecule has 0 amide bonds. The van der Waals surface area contributed by atoms with E-state index in [0.717, 1.165) is 60.3 Å². The zero-order chi connectivity index (χ0) is 21.4. The molecule has 0 spiro atoms. The zero-order valence-corrected chi connectivity index (χ0v) is 17.9. The molecule has 1 heterocycles. The molecule has 1 aromatic carbocycles. The van der Waals surface area contributed by atoms with Crippen molar-refractivity contribution in [3.8, 4) is 0 Å². The Bertz CT molecular complexity index is 1030. The summed E-state index contributed by atoms with van der Waals surface area (Å²) in [6.45, 7) is 3.08. The number of nitrogens with one attached hydrogen (secondary N) is 3. The van der Waals surface area contributed by atoms with E-state index >= 15 is 0 Å². The third-order valence-electron chi connectivity index (χ3n) is 6.79. The Morgan fingerprint density at radius 2 is 2.06 bits per heavy atom. The van der Waals surface area contributed by atoms with E-state index in [9.17, 15) is 4.39 Å². The van der Waals surface area contributed by atoms with E-state index in [2.05, 4.69) is 32.9 Å². The van der Waals surface area contributed by atoms with Crippen molar-refractivity contribution in [3.63, 3.8) is 0 Å². The van der Waals surface area contributed by atoms with Crippen molar-refractivity contribution in [1.82, 2.24) is 9.97 Å². The van der Waals surface area contributed by atoms with Crippen LogP contribution in [0, 0.1) is 11.4 Å². The predicted molar refractivity (Wildman–Crippen MR) is 121 cm³/mol. The van der Waals surface area contributed by atoms with Crippen LogP contribution in [0.1, 0.15) is 68.2 Å². The molecule has 6 nitrogen and oxygen atoms in total. The van der Waals surface area contributed by atoms with Gasteiger partial charge in [0.15, 0.2) is 0 Å². The molecular formula is C24H29FN6. The van der Waals surface area contributed by atoms with Crippen LogP contribution < -0.4 is 10.6 Å². The minimum Gasteiger partial charge on any atom is -0.384 e. The van der Waals surface area contributed by atoms with Crippen molar-refractivity contribution in [1.29, 1.82) is 5.53 Å². The number of fused-ring (bicyclic) bond motifs is 3. The third-order valence-corrected chi connectivity index (χ3v) is 6.79. The molecule has 3 aliphatic carbocycles. The summed E-state index contributed by atoms with van der Waals surface area (Å²) in [5.74, 6) is 1.47. The Labute approximate surface area is 182 Å². The van der Waals surface area contributed by atoms with Gasteiger partial charge in [0.05, 0.1) is 17.9 Å². The standard InChI is InChI=1S/C24H29FN6/c1-2-27-21-12-15(6-7-20(21)31-26)17-10-16-11-18(16)22-19(17)13-28-23(30-22)29-14-24(25)8-4-3-5-9-24/h6-7,10,12-13,16,18,26-27H,2-5,8-9,11,14H2,1H3,(H,28,29,30)/t16-,18?/m0/s1. The first-order chi connectivity index (χ1) is 15.1. The molecule has 2 aromatic rings. The fraction of sp³-hybridized carbons (Fsp3) is 0.500. The molecular weight excluding hydrogens is 391 g/mol. The lowest BCUT2D eigenvalue weighted by Crippen LogP contribution is -2.34. The van der Waals surface area contributed by atoms with Crippen LogP contribution in [0.2, 0.25) is 0 Å². The molecule has 2 fully saturated rings. The molecule has 162 valence electrons. The molecule has 2 atom stereocenters. The molecule has 1 aromatic heterocycles. The largest absolute Gasteiger partial charge is 0.384 e. The van der Waals surface area contributed by atoms with E-state index in [1.165, 1.54) is 0 Å². The molecule has 31 heavy (non-hydrogen) atoms. The normalized spacial score (nSPS) is 23.2. The van der Waals surface area contributed by atoms with Crippen LogP contribution in [-0.4, -0.2) is 28.7 Å². The van der Waals surface area contributed by atoms with Gasteiger partial charge in [0.1, 0.15) is 11.4 Å². The van der Waals surface area contributed by atoms with Gasteiger partial charge in [-0.15, -0.1) is 0 Å². The Morgan fingerprint density at radius 3 is 2.84 bits per heavy atom. The number of allylic oxidation sites excluding steroid dienone is 1.